The molecule has 6 heteroatoms. The van der Waals surface area contributed by atoms with E-state index in [1.54, 1.807) is 6.26 Å². The van der Waals surface area contributed by atoms with E-state index in [4.69, 9.17) is 9.15 Å². The number of nitrogens with one attached hydrogen (secondary N) is 1. The monoisotopic (exact) mass is 393 g/mol. The Bertz CT molecular complexity index is 387. The summed E-state index contributed by atoms with van der Waals surface area (Å²) in [5, 5.41) is 3.33. The molecule has 1 saturated heterocycles. The molecule has 1 aromatic heterocycles. The highest BCUT2D eigenvalue weighted by molar-refractivity contribution is 14.0. The molecular formula is C14H24IN3O2. The van der Waals surface area contributed by atoms with Crippen LogP contribution in [0.3, 0.4) is 0 Å². The molecule has 0 unspecified atom stereocenters. The van der Waals surface area contributed by atoms with Crippen molar-refractivity contribution in [1.82, 2.24) is 10.2 Å². The lowest BCUT2D eigenvalue weighted by Crippen LogP contribution is -2.46. The van der Waals surface area contributed by atoms with Gasteiger partial charge >= 0.3 is 0 Å². The van der Waals surface area contributed by atoms with Gasteiger partial charge in [-0.05, 0) is 31.9 Å². The molecule has 1 fully saturated rings. The minimum Gasteiger partial charge on any atom is -0.467 e. The van der Waals surface area contributed by atoms with Gasteiger partial charge in [0, 0.05) is 26.7 Å². The van der Waals surface area contributed by atoms with Crippen LogP contribution >= 0.6 is 24.0 Å². The molecule has 1 aromatic rings. The quantitative estimate of drug-likeness (QED) is 0.485. The predicted molar refractivity (Wildman–Crippen MR) is 90.5 cm³/mol. The molecule has 2 rings (SSSR count). The summed E-state index contributed by atoms with van der Waals surface area (Å²) in [6.07, 6.45) is 4.22. The van der Waals surface area contributed by atoms with Gasteiger partial charge in [-0.25, -0.2) is 0 Å². The van der Waals surface area contributed by atoms with Crippen molar-refractivity contribution in [2.75, 3.05) is 26.7 Å². The maximum Gasteiger partial charge on any atom is 0.194 e. The van der Waals surface area contributed by atoms with Crippen LogP contribution in [0.5, 0.6) is 0 Å². The first-order valence-corrected chi connectivity index (χ1v) is 6.93. The summed E-state index contributed by atoms with van der Waals surface area (Å²) in [6.45, 7) is 5.50. The van der Waals surface area contributed by atoms with Crippen molar-refractivity contribution in [2.45, 2.75) is 32.4 Å². The van der Waals surface area contributed by atoms with Crippen molar-refractivity contribution in [1.29, 1.82) is 0 Å². The minimum atomic E-state index is 0. The van der Waals surface area contributed by atoms with Gasteiger partial charge in [0.2, 0.25) is 0 Å². The first kappa shape index (κ1) is 17.3. The van der Waals surface area contributed by atoms with Gasteiger partial charge in [-0.15, -0.1) is 24.0 Å². The fourth-order valence-corrected chi connectivity index (χ4v) is 2.38. The molecule has 5 nitrogen and oxygen atoms in total. The fourth-order valence-electron chi connectivity index (χ4n) is 2.38. The Hall–Kier alpha value is -0.760. The van der Waals surface area contributed by atoms with E-state index in [-0.39, 0.29) is 24.0 Å². The number of ether oxygens (including phenoxy) is 1. The molecule has 0 saturated carbocycles. The van der Waals surface area contributed by atoms with Crippen molar-refractivity contribution < 1.29 is 9.15 Å². The second kappa shape index (κ2) is 9.23. The summed E-state index contributed by atoms with van der Waals surface area (Å²) in [6, 6.07) is 3.86. The van der Waals surface area contributed by atoms with E-state index in [1.807, 2.05) is 19.2 Å². The molecule has 0 amide bonds. The van der Waals surface area contributed by atoms with Gasteiger partial charge in [-0.2, -0.15) is 0 Å². The predicted octanol–water partition coefficient (Wildman–Crippen LogP) is 2.47. The van der Waals surface area contributed by atoms with E-state index >= 15 is 0 Å². The van der Waals surface area contributed by atoms with Gasteiger partial charge in [-0.3, -0.25) is 4.99 Å². The molecule has 1 aliphatic heterocycles. The summed E-state index contributed by atoms with van der Waals surface area (Å²) in [7, 11) is 1.82. The molecule has 0 radical (unpaired) electrons. The van der Waals surface area contributed by atoms with E-state index in [1.165, 1.54) is 0 Å². The van der Waals surface area contributed by atoms with Crippen LogP contribution in [0.1, 0.15) is 25.5 Å². The zero-order valence-electron chi connectivity index (χ0n) is 12.2. The summed E-state index contributed by atoms with van der Waals surface area (Å²) >= 11 is 0. The largest absolute Gasteiger partial charge is 0.467 e. The Labute approximate surface area is 137 Å². The molecule has 114 valence electrons. The first-order valence-electron chi connectivity index (χ1n) is 6.93. The maximum atomic E-state index is 5.66. The Morgan fingerprint density at radius 3 is 2.80 bits per heavy atom. The molecule has 2 heterocycles. The Balaban J connectivity index is 0.00000200. The number of hydrogen-bond acceptors (Lipinski definition) is 3. The summed E-state index contributed by atoms with van der Waals surface area (Å²) in [5.41, 5.74) is 0. The van der Waals surface area contributed by atoms with Gasteiger partial charge in [-0.1, -0.05) is 0 Å². The molecule has 1 N–H and O–H groups in total. The topological polar surface area (TPSA) is 50.0 Å². The van der Waals surface area contributed by atoms with Crippen molar-refractivity contribution in [3.05, 3.63) is 24.2 Å². The SMILES string of the molecule is CCOC1CCN(C(=NC)NCc2ccco2)CC1.I. The van der Waals surface area contributed by atoms with Crippen molar-refractivity contribution in [3.8, 4) is 0 Å². The van der Waals surface area contributed by atoms with E-state index < -0.39 is 0 Å². The van der Waals surface area contributed by atoms with Gasteiger partial charge in [0.05, 0.1) is 18.9 Å². The highest BCUT2D eigenvalue weighted by atomic mass is 127. The zero-order valence-corrected chi connectivity index (χ0v) is 14.5. The van der Waals surface area contributed by atoms with Crippen LogP contribution in [0.15, 0.2) is 27.8 Å². The molecule has 0 bridgehead atoms. The number of aliphatic imine (C=N–C) groups is 1. The molecular weight excluding hydrogens is 369 g/mol. The van der Waals surface area contributed by atoms with Crippen molar-refractivity contribution in [2.24, 2.45) is 4.99 Å². The highest BCUT2D eigenvalue weighted by Crippen LogP contribution is 2.13. The van der Waals surface area contributed by atoms with Gasteiger partial charge < -0.3 is 19.4 Å². The summed E-state index contributed by atoms with van der Waals surface area (Å²) < 4.78 is 11.0. The summed E-state index contributed by atoms with van der Waals surface area (Å²) in [5.74, 6) is 1.86. The summed E-state index contributed by atoms with van der Waals surface area (Å²) in [4.78, 5) is 6.61. The molecule has 0 aliphatic carbocycles. The number of guanidine groups is 1. The number of likely N-dealkylation sites (tertiary alicyclic amines) is 1. The third-order valence-electron chi connectivity index (χ3n) is 3.36. The lowest BCUT2D eigenvalue weighted by molar-refractivity contribution is 0.0263. The number of piperidine rings is 1. The lowest BCUT2D eigenvalue weighted by Gasteiger charge is -2.33. The average Bonchev–Trinajstić information content (AvgIpc) is 2.95. The van der Waals surface area contributed by atoms with Gasteiger partial charge in [0.25, 0.3) is 0 Å². The Kier molecular flexibility index (Phi) is 7.98. The molecule has 0 spiro atoms. The number of furan rings is 1. The number of hydrogen-bond donors (Lipinski definition) is 1. The van der Waals surface area contributed by atoms with Crippen LogP contribution in [0, 0.1) is 0 Å². The zero-order chi connectivity index (χ0) is 13.5. The molecule has 20 heavy (non-hydrogen) atoms. The Morgan fingerprint density at radius 1 is 1.50 bits per heavy atom. The van der Waals surface area contributed by atoms with Crippen LogP contribution in [-0.2, 0) is 11.3 Å². The van der Waals surface area contributed by atoms with E-state index in [9.17, 15) is 0 Å². The normalized spacial score (nSPS) is 16.9. The second-order valence-corrected chi connectivity index (χ2v) is 4.62. The minimum absolute atomic E-state index is 0. The van der Waals surface area contributed by atoms with Crippen molar-refractivity contribution in [3.63, 3.8) is 0 Å². The Morgan fingerprint density at radius 2 is 2.25 bits per heavy atom. The third kappa shape index (κ3) is 4.97. The van der Waals surface area contributed by atoms with E-state index in [2.05, 4.69) is 22.1 Å². The smallest absolute Gasteiger partial charge is 0.194 e. The standard InChI is InChI=1S/C14H23N3O2.HI/c1-3-18-12-6-8-17(9-7-12)14(15-2)16-11-13-5-4-10-19-13;/h4-5,10,12H,3,6-9,11H2,1-2H3,(H,15,16);1H. The molecule has 0 atom stereocenters. The highest BCUT2D eigenvalue weighted by Gasteiger charge is 2.21. The van der Waals surface area contributed by atoms with Crippen LogP contribution in [0.25, 0.3) is 0 Å². The first-order chi connectivity index (χ1) is 9.33. The van der Waals surface area contributed by atoms with Crippen molar-refractivity contribution >= 4 is 29.9 Å². The van der Waals surface area contributed by atoms with E-state index in [0.717, 1.165) is 44.3 Å². The lowest BCUT2D eigenvalue weighted by atomic mass is 10.1. The number of rotatable bonds is 4. The number of nitrogens with zero attached hydrogens (tertiary/aromatic N) is 2. The van der Waals surface area contributed by atoms with E-state index in [0.29, 0.717) is 12.6 Å². The third-order valence-corrected chi connectivity index (χ3v) is 3.36. The van der Waals surface area contributed by atoms with Crippen LogP contribution in [0.2, 0.25) is 0 Å². The van der Waals surface area contributed by atoms with Crippen LogP contribution < -0.4 is 5.32 Å². The fraction of sp³-hybridized carbons (Fsp3) is 0.643. The molecule has 0 aromatic carbocycles. The second-order valence-electron chi connectivity index (χ2n) is 4.62. The maximum absolute atomic E-state index is 5.66. The van der Waals surface area contributed by atoms with Crippen LogP contribution in [-0.4, -0.2) is 43.7 Å². The molecule has 1 aliphatic rings. The van der Waals surface area contributed by atoms with Gasteiger partial charge in [0.15, 0.2) is 5.96 Å². The average molecular weight is 393 g/mol. The number of halogens is 1. The van der Waals surface area contributed by atoms with Crippen LogP contribution in [0.4, 0.5) is 0 Å². The van der Waals surface area contributed by atoms with Gasteiger partial charge in [0.1, 0.15) is 5.76 Å².